The summed E-state index contributed by atoms with van der Waals surface area (Å²) in [6.45, 7) is -1.18. The van der Waals surface area contributed by atoms with E-state index in [1.54, 1.807) is 0 Å². The van der Waals surface area contributed by atoms with Crippen molar-refractivity contribution in [2.75, 3.05) is 19.1 Å². The molecular weight excluding hydrogens is 357 g/mol. The van der Waals surface area contributed by atoms with Crippen LogP contribution in [-0.2, 0) is 9.09 Å². The van der Waals surface area contributed by atoms with E-state index in [9.17, 15) is 19.9 Å². The molecule has 3 rings (SSSR count). The molecule has 4 atom stereocenters. The van der Waals surface area contributed by atoms with E-state index in [1.807, 2.05) is 0 Å². The zero-order valence-corrected chi connectivity index (χ0v) is 13.7. The van der Waals surface area contributed by atoms with Gasteiger partial charge >= 0.3 is 7.82 Å². The predicted molar refractivity (Wildman–Crippen MR) is 83.8 cm³/mol. The van der Waals surface area contributed by atoms with Crippen LogP contribution in [0.3, 0.4) is 0 Å². The number of aromatic amines is 1. The van der Waals surface area contributed by atoms with Crippen molar-refractivity contribution in [3.63, 3.8) is 0 Å². The fraction of sp³-hybridized carbons (Fsp3) is 0.500. The summed E-state index contributed by atoms with van der Waals surface area (Å²) in [7, 11) is -4.79. The molecule has 0 unspecified atom stereocenters. The predicted octanol–water partition coefficient (Wildman–Crippen LogP) is -1.95. The Morgan fingerprint density at radius 2 is 2.04 bits per heavy atom. The molecule has 8 N–H and O–H groups in total. The Labute approximate surface area is 141 Å². The van der Waals surface area contributed by atoms with E-state index in [1.165, 1.54) is 17.4 Å². The normalized spacial score (nSPS) is 28.0. The van der Waals surface area contributed by atoms with Gasteiger partial charge in [-0.1, -0.05) is 0 Å². The summed E-state index contributed by atoms with van der Waals surface area (Å²) in [5.74, 6) is 0.181. The molecule has 0 spiro atoms. The standard InChI is InChI=1S/C12H18N5O7P/c13-12-8-7(15-3-16-12)5(1-14-8)9-11(20)10(19)6(2-18)17(9)4-24-25(21,22)23/h1,3,6,9-11,14,18-20H,2,4H2,(H2,13,15,16)(H2,21,22,23)/t6-,9+,10-,11+/m1/s1. The highest BCUT2D eigenvalue weighted by Crippen LogP contribution is 2.42. The van der Waals surface area contributed by atoms with Gasteiger partial charge in [0.05, 0.1) is 30.3 Å². The van der Waals surface area contributed by atoms with Gasteiger partial charge in [-0.05, 0) is 0 Å². The van der Waals surface area contributed by atoms with Crippen LogP contribution in [-0.4, -0.2) is 76.5 Å². The van der Waals surface area contributed by atoms with Crippen LogP contribution in [0.2, 0.25) is 0 Å². The monoisotopic (exact) mass is 375 g/mol. The number of phosphoric acid groups is 1. The minimum atomic E-state index is -4.79. The van der Waals surface area contributed by atoms with E-state index >= 15 is 0 Å². The van der Waals surface area contributed by atoms with Crippen molar-refractivity contribution in [2.24, 2.45) is 0 Å². The highest BCUT2D eigenvalue weighted by molar-refractivity contribution is 7.46. The fourth-order valence-corrected chi connectivity index (χ4v) is 3.39. The average Bonchev–Trinajstić information content (AvgIpc) is 3.06. The maximum atomic E-state index is 11.0. The van der Waals surface area contributed by atoms with Crippen LogP contribution < -0.4 is 5.73 Å². The van der Waals surface area contributed by atoms with Crippen molar-refractivity contribution >= 4 is 24.7 Å². The third kappa shape index (κ3) is 3.26. The van der Waals surface area contributed by atoms with Gasteiger partial charge in [0, 0.05) is 11.8 Å². The van der Waals surface area contributed by atoms with Crippen LogP contribution in [0, 0.1) is 0 Å². The van der Waals surface area contributed by atoms with Gasteiger partial charge in [-0.3, -0.25) is 9.42 Å². The molecular formula is C12H18N5O7P. The molecule has 25 heavy (non-hydrogen) atoms. The number of nitrogens with zero attached hydrogens (tertiary/aromatic N) is 3. The third-order valence-electron chi connectivity index (χ3n) is 4.25. The molecule has 13 heteroatoms. The number of phosphoric ester groups is 1. The summed E-state index contributed by atoms with van der Waals surface area (Å²) >= 11 is 0. The van der Waals surface area contributed by atoms with Crippen molar-refractivity contribution in [3.05, 3.63) is 18.1 Å². The maximum absolute atomic E-state index is 11.0. The van der Waals surface area contributed by atoms with Crippen LogP contribution in [0.25, 0.3) is 11.0 Å². The highest BCUT2D eigenvalue weighted by atomic mass is 31.2. The largest absolute Gasteiger partial charge is 0.470 e. The van der Waals surface area contributed by atoms with Gasteiger partial charge in [-0.2, -0.15) is 0 Å². The van der Waals surface area contributed by atoms with Gasteiger partial charge < -0.3 is 35.8 Å². The second-order valence-corrected chi connectivity index (χ2v) is 6.90. The lowest BCUT2D eigenvalue weighted by atomic mass is 10.0. The number of anilines is 1. The molecule has 138 valence electrons. The number of rotatable bonds is 5. The molecule has 1 fully saturated rings. The Morgan fingerprint density at radius 1 is 1.32 bits per heavy atom. The van der Waals surface area contributed by atoms with Crippen molar-refractivity contribution in [3.8, 4) is 0 Å². The van der Waals surface area contributed by atoms with Gasteiger partial charge in [-0.25, -0.2) is 14.5 Å². The number of fused-ring (bicyclic) bond motifs is 1. The molecule has 0 aromatic carbocycles. The number of hydrogen-bond acceptors (Lipinski definition) is 9. The molecule has 2 aromatic rings. The molecule has 0 amide bonds. The van der Waals surface area contributed by atoms with E-state index in [2.05, 4.69) is 19.5 Å². The first-order valence-electron chi connectivity index (χ1n) is 7.25. The summed E-state index contributed by atoms with van der Waals surface area (Å²) in [4.78, 5) is 29.9. The van der Waals surface area contributed by atoms with E-state index < -0.39 is 45.5 Å². The molecule has 2 aromatic heterocycles. The van der Waals surface area contributed by atoms with Gasteiger partial charge in [-0.15, -0.1) is 0 Å². The smallest absolute Gasteiger partial charge is 0.395 e. The Hall–Kier alpha value is -1.63. The molecule has 0 saturated carbocycles. The van der Waals surface area contributed by atoms with Gasteiger partial charge in [0.2, 0.25) is 0 Å². The summed E-state index contributed by atoms with van der Waals surface area (Å²) in [5.41, 5.74) is 6.97. The number of nitrogens with two attached hydrogens (primary N) is 1. The quantitative estimate of drug-likeness (QED) is 0.286. The molecule has 0 aliphatic carbocycles. The Morgan fingerprint density at radius 3 is 2.68 bits per heavy atom. The minimum Gasteiger partial charge on any atom is -0.395 e. The Kier molecular flexibility index (Phi) is 4.79. The second kappa shape index (κ2) is 6.59. The third-order valence-corrected chi connectivity index (χ3v) is 4.71. The summed E-state index contributed by atoms with van der Waals surface area (Å²) in [5, 5.41) is 30.1. The van der Waals surface area contributed by atoms with Crippen molar-refractivity contribution in [1.82, 2.24) is 19.9 Å². The van der Waals surface area contributed by atoms with Crippen molar-refractivity contribution < 1.29 is 34.2 Å². The lowest BCUT2D eigenvalue weighted by molar-refractivity contribution is 0.00747. The Bertz CT molecular complexity index is 810. The number of nitrogens with one attached hydrogen (secondary N) is 1. The minimum absolute atomic E-state index is 0.181. The number of hydrogen-bond donors (Lipinski definition) is 7. The lowest BCUT2D eigenvalue weighted by Crippen LogP contribution is -2.40. The molecule has 1 saturated heterocycles. The van der Waals surface area contributed by atoms with E-state index in [4.69, 9.17) is 15.5 Å². The zero-order chi connectivity index (χ0) is 18.4. The number of H-pyrrole nitrogens is 1. The molecule has 1 aliphatic heterocycles. The summed E-state index contributed by atoms with van der Waals surface area (Å²) in [6, 6.07) is -1.93. The molecule has 0 bridgehead atoms. The topological polar surface area (TPSA) is 198 Å². The van der Waals surface area contributed by atoms with Crippen LogP contribution in [0.1, 0.15) is 11.6 Å². The lowest BCUT2D eigenvalue weighted by Gasteiger charge is -2.28. The maximum Gasteiger partial charge on any atom is 0.470 e. The first-order chi connectivity index (χ1) is 11.7. The van der Waals surface area contributed by atoms with E-state index in [-0.39, 0.29) is 5.82 Å². The molecule has 0 radical (unpaired) electrons. The number of likely N-dealkylation sites (tertiary alicyclic amines) is 1. The van der Waals surface area contributed by atoms with Crippen molar-refractivity contribution in [2.45, 2.75) is 24.3 Å². The van der Waals surface area contributed by atoms with Gasteiger partial charge in [0.25, 0.3) is 0 Å². The van der Waals surface area contributed by atoms with Gasteiger partial charge in [0.15, 0.2) is 5.82 Å². The Balaban J connectivity index is 2.03. The summed E-state index contributed by atoms with van der Waals surface area (Å²) in [6.07, 6.45) is 0.0140. The van der Waals surface area contributed by atoms with Crippen LogP contribution in [0.4, 0.5) is 5.82 Å². The molecule has 3 heterocycles. The fourth-order valence-electron chi connectivity index (χ4n) is 3.11. The first kappa shape index (κ1) is 18.2. The number of aliphatic hydroxyl groups is 3. The molecule has 12 nitrogen and oxygen atoms in total. The first-order valence-corrected chi connectivity index (χ1v) is 8.78. The van der Waals surface area contributed by atoms with Crippen LogP contribution in [0.15, 0.2) is 12.5 Å². The summed E-state index contributed by atoms with van der Waals surface area (Å²) < 4.78 is 15.5. The van der Waals surface area contributed by atoms with Crippen LogP contribution in [0.5, 0.6) is 0 Å². The van der Waals surface area contributed by atoms with Crippen molar-refractivity contribution in [1.29, 1.82) is 0 Å². The molecule has 1 aliphatic rings. The second-order valence-electron chi connectivity index (χ2n) is 5.67. The highest BCUT2D eigenvalue weighted by Gasteiger charge is 2.49. The van der Waals surface area contributed by atoms with E-state index in [0.29, 0.717) is 16.6 Å². The van der Waals surface area contributed by atoms with Crippen LogP contribution >= 0.6 is 7.82 Å². The SMILES string of the molecule is Nc1ncnc2c([C@H]3[C@H](O)[C@H](O)[C@@H](CO)N3COP(=O)(O)O)c[nH]c12. The number of nitrogen functional groups attached to an aromatic ring is 1. The average molecular weight is 375 g/mol. The zero-order valence-electron chi connectivity index (χ0n) is 12.8. The van der Waals surface area contributed by atoms with Gasteiger partial charge in [0.1, 0.15) is 24.7 Å². The van der Waals surface area contributed by atoms with E-state index in [0.717, 1.165) is 0 Å². The number of aliphatic hydroxyl groups excluding tert-OH is 3. The number of aromatic nitrogens is 3.